The van der Waals surface area contributed by atoms with Gasteiger partial charge < -0.3 is 14.6 Å². The maximum atomic E-state index is 12.2. The van der Waals surface area contributed by atoms with Gasteiger partial charge in [-0.2, -0.15) is 0 Å². The van der Waals surface area contributed by atoms with Crippen LogP contribution in [-0.2, 0) is 9.47 Å². The summed E-state index contributed by atoms with van der Waals surface area (Å²) < 4.78 is 10.7. The van der Waals surface area contributed by atoms with Crippen LogP contribution in [0.25, 0.3) is 0 Å². The number of rotatable bonds is 6. The van der Waals surface area contributed by atoms with Crippen molar-refractivity contribution in [3.8, 4) is 0 Å². The summed E-state index contributed by atoms with van der Waals surface area (Å²) in [6.07, 6.45) is 0.231. The molecule has 0 radical (unpaired) electrons. The van der Waals surface area contributed by atoms with Gasteiger partial charge in [0.1, 0.15) is 12.7 Å². The quantitative estimate of drug-likeness (QED) is 0.827. The van der Waals surface area contributed by atoms with Crippen molar-refractivity contribution in [3.63, 3.8) is 0 Å². The van der Waals surface area contributed by atoms with Gasteiger partial charge in [-0.05, 0) is 29.7 Å². The van der Waals surface area contributed by atoms with Crippen molar-refractivity contribution in [1.29, 1.82) is 0 Å². The van der Waals surface area contributed by atoms with Crippen molar-refractivity contribution < 1.29 is 19.4 Å². The minimum atomic E-state index is -0.702. The molecule has 4 nitrogen and oxygen atoms in total. The molecule has 0 bridgehead atoms. The SMILES string of the molecule is CCC1(COC(=O)c2ccc(C(O)c3ccccc3)cc2)COC1. The Balaban J connectivity index is 1.62. The summed E-state index contributed by atoms with van der Waals surface area (Å²) in [7, 11) is 0. The first-order valence-electron chi connectivity index (χ1n) is 8.21. The molecule has 1 fully saturated rings. The number of aliphatic hydroxyl groups is 1. The zero-order valence-corrected chi connectivity index (χ0v) is 13.8. The summed E-state index contributed by atoms with van der Waals surface area (Å²) in [5.74, 6) is -0.338. The van der Waals surface area contributed by atoms with Gasteiger partial charge in [0.15, 0.2) is 0 Å². The van der Waals surface area contributed by atoms with Crippen LogP contribution in [0, 0.1) is 5.41 Å². The van der Waals surface area contributed by atoms with Gasteiger partial charge >= 0.3 is 5.97 Å². The van der Waals surface area contributed by atoms with E-state index in [1.807, 2.05) is 30.3 Å². The van der Waals surface area contributed by atoms with E-state index in [9.17, 15) is 9.90 Å². The highest BCUT2D eigenvalue weighted by molar-refractivity contribution is 5.89. The summed E-state index contributed by atoms with van der Waals surface area (Å²) in [6.45, 7) is 3.77. The molecule has 1 aliphatic heterocycles. The molecule has 0 saturated carbocycles. The number of benzene rings is 2. The Hall–Kier alpha value is -2.17. The lowest BCUT2D eigenvalue weighted by Crippen LogP contribution is -2.46. The number of carbonyl (C=O) groups excluding carboxylic acids is 1. The van der Waals surface area contributed by atoms with Crippen LogP contribution >= 0.6 is 0 Å². The van der Waals surface area contributed by atoms with Crippen molar-refractivity contribution in [2.75, 3.05) is 19.8 Å². The van der Waals surface area contributed by atoms with E-state index >= 15 is 0 Å². The molecular weight excluding hydrogens is 304 g/mol. The fraction of sp³-hybridized carbons (Fsp3) is 0.350. The zero-order chi connectivity index (χ0) is 17.0. The monoisotopic (exact) mass is 326 g/mol. The molecule has 1 N–H and O–H groups in total. The fourth-order valence-electron chi connectivity index (χ4n) is 2.71. The lowest BCUT2D eigenvalue weighted by molar-refractivity contribution is -0.140. The van der Waals surface area contributed by atoms with Crippen molar-refractivity contribution in [3.05, 3.63) is 71.3 Å². The minimum absolute atomic E-state index is 0.0148. The zero-order valence-electron chi connectivity index (χ0n) is 13.8. The number of hydrogen-bond donors (Lipinski definition) is 1. The predicted molar refractivity (Wildman–Crippen MR) is 90.8 cm³/mol. The molecule has 1 saturated heterocycles. The van der Waals surface area contributed by atoms with E-state index in [4.69, 9.17) is 9.47 Å². The summed E-state index contributed by atoms with van der Waals surface area (Å²) in [5, 5.41) is 10.4. The van der Waals surface area contributed by atoms with Gasteiger partial charge in [-0.15, -0.1) is 0 Å². The Morgan fingerprint density at radius 1 is 1.12 bits per heavy atom. The Bertz CT molecular complexity index is 669. The van der Waals surface area contributed by atoms with E-state index in [1.54, 1.807) is 24.3 Å². The average molecular weight is 326 g/mol. The smallest absolute Gasteiger partial charge is 0.338 e. The molecule has 1 atom stereocenters. The molecule has 24 heavy (non-hydrogen) atoms. The molecule has 1 aliphatic rings. The number of esters is 1. The Labute approximate surface area is 142 Å². The summed E-state index contributed by atoms with van der Waals surface area (Å²) in [6, 6.07) is 16.3. The van der Waals surface area contributed by atoms with Gasteiger partial charge in [0, 0.05) is 0 Å². The van der Waals surface area contributed by atoms with E-state index in [1.165, 1.54) is 0 Å². The molecule has 0 aromatic heterocycles. The van der Waals surface area contributed by atoms with E-state index in [0.717, 1.165) is 17.5 Å². The lowest BCUT2D eigenvalue weighted by atomic mass is 9.84. The number of aliphatic hydroxyl groups excluding tert-OH is 1. The van der Waals surface area contributed by atoms with E-state index in [2.05, 4.69) is 6.92 Å². The molecular formula is C20H22O4. The van der Waals surface area contributed by atoms with Gasteiger partial charge in [-0.25, -0.2) is 4.79 Å². The minimum Gasteiger partial charge on any atom is -0.461 e. The molecule has 3 rings (SSSR count). The third-order valence-electron chi connectivity index (χ3n) is 4.65. The Morgan fingerprint density at radius 2 is 1.75 bits per heavy atom. The third-order valence-corrected chi connectivity index (χ3v) is 4.65. The largest absolute Gasteiger partial charge is 0.461 e. The first-order chi connectivity index (χ1) is 11.6. The molecule has 0 spiro atoms. The van der Waals surface area contributed by atoms with E-state index in [-0.39, 0.29) is 11.4 Å². The average Bonchev–Trinajstić information content (AvgIpc) is 2.61. The molecule has 1 unspecified atom stereocenters. The van der Waals surface area contributed by atoms with Crippen molar-refractivity contribution in [2.45, 2.75) is 19.4 Å². The highest BCUT2D eigenvalue weighted by Gasteiger charge is 2.38. The Kier molecular flexibility index (Phi) is 4.97. The van der Waals surface area contributed by atoms with Crippen LogP contribution in [0.4, 0.5) is 0 Å². The second-order valence-electron chi connectivity index (χ2n) is 6.36. The Morgan fingerprint density at radius 3 is 2.29 bits per heavy atom. The van der Waals surface area contributed by atoms with Gasteiger partial charge in [0.2, 0.25) is 0 Å². The van der Waals surface area contributed by atoms with Crippen LogP contribution in [0.15, 0.2) is 54.6 Å². The molecule has 0 aliphatic carbocycles. The predicted octanol–water partition coefficient (Wildman–Crippen LogP) is 3.35. The highest BCUT2D eigenvalue weighted by Crippen LogP contribution is 2.31. The summed E-state index contributed by atoms with van der Waals surface area (Å²) in [5.41, 5.74) is 2.04. The molecule has 4 heteroatoms. The van der Waals surface area contributed by atoms with Crippen LogP contribution in [-0.4, -0.2) is 30.9 Å². The first-order valence-corrected chi connectivity index (χ1v) is 8.21. The highest BCUT2D eigenvalue weighted by atomic mass is 16.5. The van der Waals surface area contributed by atoms with Crippen LogP contribution in [0.2, 0.25) is 0 Å². The third kappa shape index (κ3) is 3.50. The second kappa shape index (κ2) is 7.16. The summed E-state index contributed by atoms with van der Waals surface area (Å²) >= 11 is 0. The fourth-order valence-corrected chi connectivity index (χ4v) is 2.71. The molecule has 1 heterocycles. The van der Waals surface area contributed by atoms with Gasteiger partial charge in [0.25, 0.3) is 0 Å². The molecule has 2 aromatic carbocycles. The van der Waals surface area contributed by atoms with Gasteiger partial charge in [-0.3, -0.25) is 0 Å². The normalized spacial score (nSPS) is 16.9. The maximum absolute atomic E-state index is 12.2. The molecule has 0 amide bonds. The van der Waals surface area contributed by atoms with Crippen molar-refractivity contribution in [2.24, 2.45) is 5.41 Å². The first kappa shape index (κ1) is 16.7. The van der Waals surface area contributed by atoms with Crippen LogP contribution in [0.3, 0.4) is 0 Å². The van der Waals surface area contributed by atoms with Gasteiger partial charge in [-0.1, -0.05) is 49.4 Å². The summed E-state index contributed by atoms with van der Waals surface area (Å²) in [4.78, 5) is 12.2. The number of hydrogen-bond acceptors (Lipinski definition) is 4. The number of ether oxygens (including phenoxy) is 2. The van der Waals surface area contributed by atoms with E-state index in [0.29, 0.717) is 25.4 Å². The topological polar surface area (TPSA) is 55.8 Å². The van der Waals surface area contributed by atoms with Crippen LogP contribution in [0.1, 0.15) is 40.9 Å². The lowest BCUT2D eigenvalue weighted by Gasteiger charge is -2.39. The standard InChI is InChI=1S/C20H22O4/c1-2-20(12-23-13-20)14-24-19(22)17-10-8-16(9-11-17)18(21)15-6-4-3-5-7-15/h3-11,18,21H,2,12-14H2,1H3. The second-order valence-corrected chi connectivity index (χ2v) is 6.36. The van der Waals surface area contributed by atoms with E-state index < -0.39 is 6.10 Å². The number of carbonyl (C=O) groups is 1. The van der Waals surface area contributed by atoms with Crippen LogP contribution in [0.5, 0.6) is 0 Å². The molecule has 126 valence electrons. The molecule has 2 aromatic rings. The van der Waals surface area contributed by atoms with Crippen LogP contribution < -0.4 is 0 Å². The van der Waals surface area contributed by atoms with Crippen molar-refractivity contribution >= 4 is 5.97 Å². The van der Waals surface area contributed by atoms with Gasteiger partial charge in [0.05, 0.1) is 24.2 Å². The van der Waals surface area contributed by atoms with Crippen molar-refractivity contribution in [1.82, 2.24) is 0 Å². The maximum Gasteiger partial charge on any atom is 0.338 e.